The van der Waals surface area contributed by atoms with E-state index in [1.165, 1.54) is 18.2 Å². The Labute approximate surface area is 122 Å². The summed E-state index contributed by atoms with van der Waals surface area (Å²) in [6.45, 7) is 1.69. The van der Waals surface area contributed by atoms with E-state index in [-0.39, 0.29) is 10.0 Å². The van der Waals surface area contributed by atoms with Gasteiger partial charge >= 0.3 is 0 Å². The minimum absolute atomic E-state index is 0.113. The summed E-state index contributed by atoms with van der Waals surface area (Å²) >= 11 is 2.99. The summed E-state index contributed by atoms with van der Waals surface area (Å²) in [5.74, 6) is 3.39. The second-order valence-electron chi connectivity index (χ2n) is 4.42. The van der Waals surface area contributed by atoms with Crippen LogP contribution in [-0.2, 0) is 0 Å². The molecule has 2 aromatic carbocycles. The van der Waals surface area contributed by atoms with Gasteiger partial charge in [0, 0.05) is 5.56 Å². The monoisotopic (exact) mass is 344 g/mol. The van der Waals surface area contributed by atoms with Crippen molar-refractivity contribution in [3.05, 3.63) is 68.9 Å². The third-order valence-electron chi connectivity index (χ3n) is 2.93. The van der Waals surface area contributed by atoms with Crippen molar-refractivity contribution in [2.75, 3.05) is 0 Å². The maximum absolute atomic E-state index is 14.1. The molecule has 6 heteroatoms. The van der Waals surface area contributed by atoms with Gasteiger partial charge in [0.25, 0.3) is 0 Å². The van der Waals surface area contributed by atoms with Crippen LogP contribution in [0.5, 0.6) is 0 Å². The predicted octanol–water partition coefficient (Wildman–Crippen LogP) is 3.73. The summed E-state index contributed by atoms with van der Waals surface area (Å²) in [5.41, 5.74) is 3.06. The normalized spacial score (nSPS) is 12.5. The molecule has 0 spiro atoms. The molecule has 0 radical (unpaired) electrons. The second kappa shape index (κ2) is 5.95. The predicted molar refractivity (Wildman–Crippen MR) is 74.4 cm³/mol. The molecule has 2 rings (SSSR count). The van der Waals surface area contributed by atoms with Crippen LogP contribution in [-0.4, -0.2) is 0 Å². The molecule has 2 aromatic rings. The standard InChI is InChI=1S/C14H12BrF3N2/c1-7-4-8(6-9(16)5-7)14(20-19)12-11(17)3-2-10(15)13(12)18/h2-6,14,20H,19H2,1H3. The summed E-state index contributed by atoms with van der Waals surface area (Å²) in [6.07, 6.45) is 0. The van der Waals surface area contributed by atoms with Crippen LogP contribution in [0.1, 0.15) is 22.7 Å². The van der Waals surface area contributed by atoms with Gasteiger partial charge in [-0.05, 0) is 58.2 Å². The zero-order valence-corrected chi connectivity index (χ0v) is 12.1. The van der Waals surface area contributed by atoms with Gasteiger partial charge in [0.15, 0.2) is 0 Å². The average molecular weight is 345 g/mol. The Morgan fingerprint density at radius 1 is 1.15 bits per heavy atom. The van der Waals surface area contributed by atoms with Gasteiger partial charge in [0.2, 0.25) is 0 Å². The van der Waals surface area contributed by atoms with Crippen molar-refractivity contribution in [2.24, 2.45) is 5.84 Å². The lowest BCUT2D eigenvalue weighted by atomic mass is 9.97. The Balaban J connectivity index is 2.61. The third-order valence-corrected chi connectivity index (χ3v) is 3.55. The molecule has 3 N–H and O–H groups in total. The van der Waals surface area contributed by atoms with Gasteiger partial charge in [-0.2, -0.15) is 0 Å². The molecule has 0 aromatic heterocycles. The SMILES string of the molecule is Cc1cc(F)cc(C(NN)c2c(F)ccc(Br)c2F)c1. The highest BCUT2D eigenvalue weighted by Crippen LogP contribution is 2.31. The number of nitrogens with two attached hydrogens (primary N) is 1. The first kappa shape index (κ1) is 15.0. The molecule has 0 aliphatic carbocycles. The van der Waals surface area contributed by atoms with Gasteiger partial charge in [-0.1, -0.05) is 6.07 Å². The smallest absolute Gasteiger partial charge is 0.145 e. The Morgan fingerprint density at radius 2 is 1.85 bits per heavy atom. The molecule has 0 fully saturated rings. The van der Waals surface area contributed by atoms with Gasteiger partial charge in [-0.3, -0.25) is 5.84 Å². The average Bonchev–Trinajstić information content (AvgIpc) is 2.38. The molecule has 20 heavy (non-hydrogen) atoms. The van der Waals surface area contributed by atoms with E-state index in [0.717, 1.165) is 6.07 Å². The summed E-state index contributed by atoms with van der Waals surface area (Å²) in [5, 5.41) is 0. The third kappa shape index (κ3) is 2.87. The molecule has 0 bridgehead atoms. The lowest BCUT2D eigenvalue weighted by Gasteiger charge is -2.19. The van der Waals surface area contributed by atoms with E-state index in [0.29, 0.717) is 11.1 Å². The molecular weight excluding hydrogens is 333 g/mol. The van der Waals surface area contributed by atoms with Gasteiger partial charge in [0.1, 0.15) is 17.5 Å². The Hall–Kier alpha value is -1.37. The molecule has 0 aliphatic heterocycles. The van der Waals surface area contributed by atoms with Crippen LogP contribution in [0.4, 0.5) is 13.2 Å². The van der Waals surface area contributed by atoms with Gasteiger partial charge in [0.05, 0.1) is 10.5 Å². The number of halogens is 4. The van der Waals surface area contributed by atoms with Crippen molar-refractivity contribution in [3.63, 3.8) is 0 Å². The molecule has 2 nitrogen and oxygen atoms in total. The first-order chi connectivity index (χ1) is 9.43. The van der Waals surface area contributed by atoms with E-state index in [9.17, 15) is 13.2 Å². The molecule has 0 amide bonds. The van der Waals surface area contributed by atoms with Crippen molar-refractivity contribution >= 4 is 15.9 Å². The number of aryl methyl sites for hydroxylation is 1. The van der Waals surface area contributed by atoms with Crippen LogP contribution in [0.15, 0.2) is 34.8 Å². The fourth-order valence-electron chi connectivity index (χ4n) is 2.08. The van der Waals surface area contributed by atoms with Crippen molar-refractivity contribution in [1.82, 2.24) is 5.43 Å². The quantitative estimate of drug-likeness (QED) is 0.505. The Kier molecular flexibility index (Phi) is 4.47. The van der Waals surface area contributed by atoms with Crippen LogP contribution in [0, 0.1) is 24.4 Å². The molecule has 1 atom stereocenters. The van der Waals surface area contributed by atoms with E-state index >= 15 is 0 Å². The van der Waals surface area contributed by atoms with E-state index in [1.807, 2.05) is 0 Å². The molecule has 1 unspecified atom stereocenters. The number of benzene rings is 2. The highest BCUT2D eigenvalue weighted by molar-refractivity contribution is 9.10. The van der Waals surface area contributed by atoms with Crippen molar-refractivity contribution in [1.29, 1.82) is 0 Å². The summed E-state index contributed by atoms with van der Waals surface area (Å²) in [7, 11) is 0. The minimum atomic E-state index is -0.984. The molecule has 0 saturated heterocycles. The molecule has 0 aliphatic rings. The van der Waals surface area contributed by atoms with Gasteiger partial charge < -0.3 is 0 Å². The number of hydrogen-bond donors (Lipinski definition) is 2. The number of rotatable bonds is 3. The van der Waals surface area contributed by atoms with Crippen LogP contribution in [0.3, 0.4) is 0 Å². The maximum Gasteiger partial charge on any atom is 0.145 e. The number of hydrogen-bond acceptors (Lipinski definition) is 2. The van der Waals surface area contributed by atoms with Gasteiger partial charge in [-0.15, -0.1) is 0 Å². The topological polar surface area (TPSA) is 38.0 Å². The van der Waals surface area contributed by atoms with E-state index < -0.39 is 23.5 Å². The zero-order chi connectivity index (χ0) is 14.9. The second-order valence-corrected chi connectivity index (χ2v) is 5.27. The van der Waals surface area contributed by atoms with E-state index in [1.54, 1.807) is 13.0 Å². The zero-order valence-electron chi connectivity index (χ0n) is 10.6. The van der Waals surface area contributed by atoms with Crippen LogP contribution in [0.25, 0.3) is 0 Å². The fourth-order valence-corrected chi connectivity index (χ4v) is 2.43. The highest BCUT2D eigenvalue weighted by Gasteiger charge is 2.23. The first-order valence-corrected chi connectivity index (χ1v) is 6.60. The molecule has 0 heterocycles. The summed E-state index contributed by atoms with van der Waals surface area (Å²) < 4.78 is 41.6. The number of hydrazine groups is 1. The van der Waals surface area contributed by atoms with Crippen molar-refractivity contribution in [3.8, 4) is 0 Å². The lowest BCUT2D eigenvalue weighted by molar-refractivity contribution is 0.505. The van der Waals surface area contributed by atoms with Crippen molar-refractivity contribution < 1.29 is 13.2 Å². The van der Waals surface area contributed by atoms with E-state index in [4.69, 9.17) is 5.84 Å². The van der Waals surface area contributed by atoms with Crippen LogP contribution >= 0.6 is 15.9 Å². The fraction of sp³-hybridized carbons (Fsp3) is 0.143. The van der Waals surface area contributed by atoms with Gasteiger partial charge in [-0.25, -0.2) is 18.6 Å². The van der Waals surface area contributed by atoms with Crippen LogP contribution in [0.2, 0.25) is 0 Å². The lowest BCUT2D eigenvalue weighted by Crippen LogP contribution is -2.30. The molecule has 106 valence electrons. The molecule has 0 saturated carbocycles. The number of nitrogens with one attached hydrogen (secondary N) is 1. The summed E-state index contributed by atoms with van der Waals surface area (Å²) in [4.78, 5) is 0. The molecular formula is C14H12BrF3N2. The largest absolute Gasteiger partial charge is 0.271 e. The Bertz CT molecular complexity index is 626. The maximum atomic E-state index is 14.1. The summed E-state index contributed by atoms with van der Waals surface area (Å²) in [6, 6.07) is 5.54. The minimum Gasteiger partial charge on any atom is -0.271 e. The van der Waals surface area contributed by atoms with E-state index in [2.05, 4.69) is 21.4 Å². The van der Waals surface area contributed by atoms with Crippen LogP contribution < -0.4 is 11.3 Å². The first-order valence-electron chi connectivity index (χ1n) is 5.80. The highest BCUT2D eigenvalue weighted by atomic mass is 79.9. The van der Waals surface area contributed by atoms with Crippen molar-refractivity contribution in [2.45, 2.75) is 13.0 Å². The Morgan fingerprint density at radius 3 is 2.45 bits per heavy atom.